The molecule has 5 nitrogen and oxygen atoms in total. The predicted octanol–water partition coefficient (Wildman–Crippen LogP) is 1.56. The first-order chi connectivity index (χ1) is 8.61. The van der Waals surface area contributed by atoms with Gasteiger partial charge in [-0.05, 0) is 25.2 Å². The normalized spacial score (nSPS) is 24.1. The van der Waals surface area contributed by atoms with Crippen molar-refractivity contribution >= 4 is 17.8 Å². The summed E-state index contributed by atoms with van der Waals surface area (Å²) in [4.78, 5) is 36.1. The van der Waals surface area contributed by atoms with Crippen LogP contribution >= 0.6 is 0 Å². The number of carbonyl (C=O) groups is 3. The summed E-state index contributed by atoms with van der Waals surface area (Å²) in [6, 6.07) is -0.939. The number of hydrogen-bond donors (Lipinski definition) is 1. The van der Waals surface area contributed by atoms with E-state index in [1.165, 1.54) is 0 Å². The third kappa shape index (κ3) is 2.54. The van der Waals surface area contributed by atoms with Gasteiger partial charge in [-0.3, -0.25) is 14.5 Å². The monoisotopic (exact) mass is 253 g/mol. The molecule has 1 heterocycles. The van der Waals surface area contributed by atoms with Gasteiger partial charge in [0, 0.05) is 12.8 Å². The highest BCUT2D eigenvalue weighted by atomic mass is 16.4. The van der Waals surface area contributed by atoms with E-state index in [0.29, 0.717) is 19.3 Å². The Balaban J connectivity index is 2.19. The average molecular weight is 253 g/mol. The Labute approximate surface area is 106 Å². The summed E-state index contributed by atoms with van der Waals surface area (Å²) in [5, 5.41) is 9.37. The van der Waals surface area contributed by atoms with Crippen LogP contribution in [0.2, 0.25) is 0 Å². The quantitative estimate of drug-likeness (QED) is 0.774. The molecule has 0 aromatic carbocycles. The first-order valence-corrected chi connectivity index (χ1v) is 6.69. The smallest absolute Gasteiger partial charge is 0.327 e. The molecule has 0 aromatic heterocycles. The molecule has 2 rings (SSSR count). The van der Waals surface area contributed by atoms with Crippen molar-refractivity contribution in [3.8, 4) is 0 Å². The molecule has 1 saturated carbocycles. The van der Waals surface area contributed by atoms with Crippen molar-refractivity contribution in [2.75, 3.05) is 0 Å². The highest BCUT2D eigenvalue weighted by Gasteiger charge is 2.41. The molecule has 2 aliphatic rings. The molecule has 18 heavy (non-hydrogen) atoms. The molecule has 2 amide bonds. The van der Waals surface area contributed by atoms with E-state index < -0.39 is 12.0 Å². The fraction of sp³-hybridized carbons (Fsp3) is 0.769. The number of rotatable bonds is 3. The van der Waals surface area contributed by atoms with Crippen molar-refractivity contribution < 1.29 is 19.5 Å². The number of aliphatic carboxylic acids is 1. The SMILES string of the molecule is O=C(O)C(C1CCCCC1)N1C(=O)CCCC1=O. The lowest BCUT2D eigenvalue weighted by molar-refractivity contribution is -0.163. The molecule has 0 aromatic rings. The van der Waals surface area contributed by atoms with E-state index in [9.17, 15) is 19.5 Å². The van der Waals surface area contributed by atoms with Crippen molar-refractivity contribution in [1.82, 2.24) is 4.90 Å². The van der Waals surface area contributed by atoms with Crippen molar-refractivity contribution in [2.24, 2.45) is 5.92 Å². The van der Waals surface area contributed by atoms with Crippen molar-refractivity contribution in [2.45, 2.75) is 57.4 Å². The highest BCUT2D eigenvalue weighted by Crippen LogP contribution is 2.31. The fourth-order valence-corrected chi connectivity index (χ4v) is 3.05. The number of likely N-dealkylation sites (tertiary alicyclic amines) is 1. The minimum atomic E-state index is -1.04. The van der Waals surface area contributed by atoms with Crippen molar-refractivity contribution in [3.63, 3.8) is 0 Å². The van der Waals surface area contributed by atoms with Gasteiger partial charge in [-0.2, -0.15) is 0 Å². The van der Waals surface area contributed by atoms with Crippen LogP contribution in [0.3, 0.4) is 0 Å². The molecule has 2 fully saturated rings. The van der Waals surface area contributed by atoms with Crippen LogP contribution < -0.4 is 0 Å². The summed E-state index contributed by atoms with van der Waals surface area (Å²) in [7, 11) is 0. The van der Waals surface area contributed by atoms with Crippen LogP contribution in [0, 0.1) is 5.92 Å². The van der Waals surface area contributed by atoms with Crippen LogP contribution in [-0.2, 0) is 14.4 Å². The lowest BCUT2D eigenvalue weighted by Crippen LogP contribution is -2.54. The van der Waals surface area contributed by atoms with Crippen LogP contribution in [0.1, 0.15) is 51.4 Å². The summed E-state index contributed by atoms with van der Waals surface area (Å²) in [5.41, 5.74) is 0. The van der Waals surface area contributed by atoms with Gasteiger partial charge in [0.1, 0.15) is 6.04 Å². The average Bonchev–Trinajstić information content (AvgIpc) is 2.34. The molecule has 1 atom stereocenters. The molecule has 1 saturated heterocycles. The van der Waals surface area contributed by atoms with Crippen LogP contribution in [0.15, 0.2) is 0 Å². The standard InChI is InChI=1S/C13H19NO4/c15-10-7-4-8-11(16)14(10)12(13(17)18)9-5-2-1-3-6-9/h9,12H,1-8H2,(H,17,18). The molecule has 0 bridgehead atoms. The summed E-state index contributed by atoms with van der Waals surface area (Å²) in [6.45, 7) is 0. The number of imide groups is 1. The van der Waals surface area contributed by atoms with Gasteiger partial charge in [-0.1, -0.05) is 19.3 Å². The zero-order valence-corrected chi connectivity index (χ0v) is 10.4. The Morgan fingerprint density at radius 3 is 2.11 bits per heavy atom. The maximum absolute atomic E-state index is 11.8. The number of carboxylic acid groups (broad SMARTS) is 1. The van der Waals surface area contributed by atoms with E-state index in [4.69, 9.17) is 0 Å². The summed E-state index contributed by atoms with van der Waals surface area (Å²) < 4.78 is 0. The lowest BCUT2D eigenvalue weighted by Gasteiger charge is -2.36. The minimum Gasteiger partial charge on any atom is -0.480 e. The van der Waals surface area contributed by atoms with E-state index in [1.807, 2.05) is 0 Å². The van der Waals surface area contributed by atoms with E-state index in [2.05, 4.69) is 0 Å². The molecule has 100 valence electrons. The van der Waals surface area contributed by atoms with E-state index in [1.54, 1.807) is 0 Å². The summed E-state index contributed by atoms with van der Waals surface area (Å²) >= 11 is 0. The van der Waals surface area contributed by atoms with Gasteiger partial charge in [0.2, 0.25) is 11.8 Å². The fourth-order valence-electron chi connectivity index (χ4n) is 3.05. The van der Waals surface area contributed by atoms with Gasteiger partial charge < -0.3 is 5.11 Å². The molecular formula is C13H19NO4. The molecule has 1 unspecified atom stereocenters. The molecule has 5 heteroatoms. The molecular weight excluding hydrogens is 234 g/mol. The number of amides is 2. The lowest BCUT2D eigenvalue weighted by atomic mass is 9.82. The zero-order chi connectivity index (χ0) is 13.1. The maximum Gasteiger partial charge on any atom is 0.327 e. The predicted molar refractivity (Wildman–Crippen MR) is 63.7 cm³/mol. The second-order valence-corrected chi connectivity index (χ2v) is 5.19. The first kappa shape index (κ1) is 13.1. The maximum atomic E-state index is 11.8. The van der Waals surface area contributed by atoms with Crippen molar-refractivity contribution in [3.05, 3.63) is 0 Å². The number of piperidine rings is 1. The Morgan fingerprint density at radius 1 is 1.06 bits per heavy atom. The Hall–Kier alpha value is -1.39. The molecule has 0 radical (unpaired) electrons. The summed E-state index contributed by atoms with van der Waals surface area (Å²) in [6.07, 6.45) is 5.83. The molecule has 1 aliphatic carbocycles. The Morgan fingerprint density at radius 2 is 1.61 bits per heavy atom. The number of nitrogens with zero attached hydrogens (tertiary/aromatic N) is 1. The van der Waals surface area contributed by atoms with Crippen LogP contribution in [-0.4, -0.2) is 33.8 Å². The second-order valence-electron chi connectivity index (χ2n) is 5.19. The van der Waals surface area contributed by atoms with E-state index >= 15 is 0 Å². The molecule has 1 aliphatic heterocycles. The minimum absolute atomic E-state index is 0.0674. The largest absolute Gasteiger partial charge is 0.480 e. The Bertz CT molecular complexity index is 344. The van der Waals surface area contributed by atoms with Crippen LogP contribution in [0.4, 0.5) is 0 Å². The topological polar surface area (TPSA) is 74.7 Å². The van der Waals surface area contributed by atoms with Gasteiger partial charge in [-0.15, -0.1) is 0 Å². The molecule has 0 spiro atoms. The van der Waals surface area contributed by atoms with Gasteiger partial charge in [-0.25, -0.2) is 4.79 Å². The second kappa shape index (κ2) is 5.50. The molecule has 1 N–H and O–H groups in total. The third-order valence-corrected chi connectivity index (χ3v) is 3.95. The van der Waals surface area contributed by atoms with Gasteiger partial charge in [0.05, 0.1) is 0 Å². The van der Waals surface area contributed by atoms with E-state index in [-0.39, 0.29) is 17.7 Å². The van der Waals surface area contributed by atoms with Gasteiger partial charge in [0.25, 0.3) is 0 Å². The number of carbonyl (C=O) groups excluding carboxylic acids is 2. The van der Waals surface area contributed by atoms with Gasteiger partial charge >= 0.3 is 5.97 Å². The Kier molecular flexibility index (Phi) is 3.99. The number of carboxylic acids is 1. The zero-order valence-electron chi connectivity index (χ0n) is 10.4. The number of hydrogen-bond acceptors (Lipinski definition) is 3. The van der Waals surface area contributed by atoms with Gasteiger partial charge in [0.15, 0.2) is 0 Å². The van der Waals surface area contributed by atoms with Crippen LogP contribution in [0.5, 0.6) is 0 Å². The van der Waals surface area contributed by atoms with Crippen LogP contribution in [0.25, 0.3) is 0 Å². The van der Waals surface area contributed by atoms with E-state index in [0.717, 1.165) is 37.0 Å². The highest BCUT2D eigenvalue weighted by molar-refractivity contribution is 6.01. The summed E-state index contributed by atoms with van der Waals surface area (Å²) in [5.74, 6) is -1.74. The van der Waals surface area contributed by atoms with Crippen molar-refractivity contribution in [1.29, 1.82) is 0 Å². The first-order valence-electron chi connectivity index (χ1n) is 6.69. The third-order valence-electron chi connectivity index (χ3n) is 3.95.